The zero-order valence-corrected chi connectivity index (χ0v) is 9.73. The van der Waals surface area contributed by atoms with Gasteiger partial charge in [-0.25, -0.2) is 4.98 Å². The Morgan fingerprint density at radius 1 is 1.24 bits per heavy atom. The Labute approximate surface area is 102 Å². The van der Waals surface area contributed by atoms with Gasteiger partial charge in [0.1, 0.15) is 5.03 Å². The van der Waals surface area contributed by atoms with Crippen LogP contribution in [-0.2, 0) is 6.18 Å². The molecule has 0 fully saturated rings. The van der Waals surface area contributed by atoms with E-state index in [0.29, 0.717) is 14.5 Å². The van der Waals surface area contributed by atoms with Gasteiger partial charge in [-0.3, -0.25) is 0 Å². The normalized spacial score (nSPS) is 11.7. The van der Waals surface area contributed by atoms with Crippen LogP contribution in [0.15, 0.2) is 27.7 Å². The molecule has 0 aliphatic rings. The maximum atomic E-state index is 12.3. The number of aromatic nitrogens is 3. The monoisotopic (exact) mass is 278 g/mol. The van der Waals surface area contributed by atoms with E-state index in [1.165, 1.54) is 6.07 Å². The fraction of sp³-hybridized carbons (Fsp3) is 0.125. The predicted octanol–water partition coefficient (Wildman–Crippen LogP) is 2.69. The van der Waals surface area contributed by atoms with E-state index in [2.05, 4.69) is 15.2 Å². The van der Waals surface area contributed by atoms with Gasteiger partial charge in [-0.05, 0) is 23.9 Å². The van der Waals surface area contributed by atoms with Gasteiger partial charge in [0, 0.05) is 6.20 Å². The Balaban J connectivity index is 2.13. The summed E-state index contributed by atoms with van der Waals surface area (Å²) in [5, 5.41) is 8.03. The van der Waals surface area contributed by atoms with Gasteiger partial charge in [-0.2, -0.15) is 13.2 Å². The van der Waals surface area contributed by atoms with Crippen LogP contribution in [0, 0.1) is 0 Å². The van der Waals surface area contributed by atoms with E-state index in [1.54, 1.807) is 0 Å². The van der Waals surface area contributed by atoms with Gasteiger partial charge >= 0.3 is 6.18 Å². The van der Waals surface area contributed by atoms with Crippen molar-refractivity contribution >= 4 is 28.2 Å². The van der Waals surface area contributed by atoms with E-state index in [0.717, 1.165) is 35.4 Å². The third-order valence-corrected chi connectivity index (χ3v) is 3.43. The molecule has 4 nitrogen and oxygen atoms in total. The molecule has 0 unspecified atom stereocenters. The number of rotatable bonds is 2. The summed E-state index contributed by atoms with van der Waals surface area (Å²) >= 11 is 2.26. The first-order chi connectivity index (χ1) is 7.95. The Bertz CT molecular complexity index is 508. The molecule has 0 amide bonds. The molecule has 0 aliphatic heterocycles. The van der Waals surface area contributed by atoms with Crippen LogP contribution in [0.2, 0.25) is 0 Å². The number of anilines is 1. The number of alkyl halides is 3. The largest absolute Gasteiger partial charge is 0.417 e. The molecular weight excluding hydrogens is 273 g/mol. The van der Waals surface area contributed by atoms with Crippen LogP contribution in [0.1, 0.15) is 5.56 Å². The summed E-state index contributed by atoms with van der Waals surface area (Å²) in [6.07, 6.45) is -3.59. The van der Waals surface area contributed by atoms with Crippen molar-refractivity contribution in [3.8, 4) is 0 Å². The zero-order chi connectivity index (χ0) is 12.5. The third-order valence-electron chi connectivity index (χ3n) is 1.68. The van der Waals surface area contributed by atoms with Crippen molar-refractivity contribution in [1.29, 1.82) is 0 Å². The second kappa shape index (κ2) is 4.49. The van der Waals surface area contributed by atoms with E-state index in [9.17, 15) is 13.2 Å². The first-order valence-corrected chi connectivity index (χ1v) is 5.88. The number of hydrogen-bond acceptors (Lipinski definition) is 6. The molecule has 0 radical (unpaired) electrons. The Morgan fingerprint density at radius 3 is 2.47 bits per heavy atom. The molecule has 0 spiro atoms. The molecule has 2 N–H and O–H groups in total. The van der Waals surface area contributed by atoms with Crippen LogP contribution in [0.3, 0.4) is 0 Å². The highest BCUT2D eigenvalue weighted by Crippen LogP contribution is 2.32. The number of nitrogens with zero attached hydrogens (tertiary/aromatic N) is 3. The van der Waals surface area contributed by atoms with Crippen LogP contribution >= 0.6 is 23.1 Å². The molecule has 2 rings (SSSR count). The van der Waals surface area contributed by atoms with Crippen molar-refractivity contribution < 1.29 is 13.2 Å². The van der Waals surface area contributed by atoms with Crippen LogP contribution in [0.4, 0.5) is 18.3 Å². The summed E-state index contributed by atoms with van der Waals surface area (Å²) in [5.41, 5.74) is 4.60. The van der Waals surface area contributed by atoms with Gasteiger partial charge in [0.25, 0.3) is 0 Å². The standard InChI is InChI=1S/C8H5F3N4S2/c9-8(10,11)4-1-2-5(13-3-4)16-7-15-14-6(12)17-7/h1-3H,(H2,12,14). The van der Waals surface area contributed by atoms with Crippen LogP contribution < -0.4 is 5.73 Å². The topological polar surface area (TPSA) is 64.7 Å². The van der Waals surface area contributed by atoms with E-state index in [1.807, 2.05) is 0 Å². The SMILES string of the molecule is Nc1nnc(Sc2ccc(C(F)(F)F)cn2)s1. The van der Waals surface area contributed by atoms with Gasteiger partial charge in [-0.15, -0.1) is 10.2 Å². The summed E-state index contributed by atoms with van der Waals surface area (Å²) in [4.78, 5) is 3.69. The van der Waals surface area contributed by atoms with Gasteiger partial charge in [0.2, 0.25) is 5.13 Å². The lowest BCUT2D eigenvalue weighted by atomic mass is 10.3. The third kappa shape index (κ3) is 3.07. The van der Waals surface area contributed by atoms with Crippen molar-refractivity contribution in [3.63, 3.8) is 0 Å². The van der Waals surface area contributed by atoms with Crippen molar-refractivity contribution in [1.82, 2.24) is 15.2 Å². The molecule has 0 atom stereocenters. The summed E-state index contributed by atoms with van der Waals surface area (Å²) in [6.45, 7) is 0. The van der Waals surface area contributed by atoms with Crippen molar-refractivity contribution in [2.24, 2.45) is 0 Å². The minimum absolute atomic E-state index is 0.305. The lowest BCUT2D eigenvalue weighted by Crippen LogP contribution is -2.04. The molecule has 90 valence electrons. The quantitative estimate of drug-likeness (QED) is 0.915. The summed E-state index contributed by atoms with van der Waals surface area (Å²) in [5.74, 6) is 0. The molecule has 2 heterocycles. The van der Waals surface area contributed by atoms with Crippen molar-refractivity contribution in [2.45, 2.75) is 15.5 Å². The highest BCUT2D eigenvalue weighted by Gasteiger charge is 2.30. The number of pyridine rings is 1. The number of hydrogen-bond donors (Lipinski definition) is 1. The van der Waals surface area contributed by atoms with Gasteiger partial charge in [0.05, 0.1) is 5.56 Å². The van der Waals surface area contributed by atoms with Crippen molar-refractivity contribution in [3.05, 3.63) is 23.9 Å². The molecule has 2 aromatic heterocycles. The number of nitrogens with two attached hydrogens (primary N) is 1. The van der Waals surface area contributed by atoms with Crippen LogP contribution in [-0.4, -0.2) is 15.2 Å². The molecular formula is C8H5F3N4S2. The van der Waals surface area contributed by atoms with Crippen molar-refractivity contribution in [2.75, 3.05) is 5.73 Å². The van der Waals surface area contributed by atoms with E-state index in [4.69, 9.17) is 5.73 Å². The number of halogens is 3. The molecule has 17 heavy (non-hydrogen) atoms. The first-order valence-electron chi connectivity index (χ1n) is 4.25. The average molecular weight is 278 g/mol. The molecule has 0 saturated heterocycles. The van der Waals surface area contributed by atoms with Gasteiger partial charge < -0.3 is 5.73 Å². The van der Waals surface area contributed by atoms with Gasteiger partial charge in [-0.1, -0.05) is 11.3 Å². The molecule has 9 heteroatoms. The predicted molar refractivity (Wildman–Crippen MR) is 57.7 cm³/mol. The fourth-order valence-electron chi connectivity index (χ4n) is 0.959. The lowest BCUT2D eigenvalue weighted by molar-refractivity contribution is -0.137. The molecule has 0 aliphatic carbocycles. The minimum atomic E-state index is -4.37. The van der Waals surface area contributed by atoms with E-state index in [-0.39, 0.29) is 0 Å². The van der Waals surface area contributed by atoms with E-state index < -0.39 is 11.7 Å². The second-order valence-electron chi connectivity index (χ2n) is 2.89. The van der Waals surface area contributed by atoms with Crippen LogP contribution in [0.25, 0.3) is 0 Å². The highest BCUT2D eigenvalue weighted by molar-refractivity contribution is 8.01. The maximum Gasteiger partial charge on any atom is 0.417 e. The minimum Gasteiger partial charge on any atom is -0.374 e. The Morgan fingerprint density at radius 2 is 2.00 bits per heavy atom. The molecule has 0 aromatic carbocycles. The number of nitrogen functional groups attached to an aromatic ring is 1. The summed E-state index contributed by atoms with van der Waals surface area (Å²) in [6, 6.07) is 2.25. The zero-order valence-electron chi connectivity index (χ0n) is 8.10. The fourth-order valence-corrected chi connectivity index (χ4v) is 2.48. The average Bonchev–Trinajstić information content (AvgIpc) is 2.63. The summed E-state index contributed by atoms with van der Waals surface area (Å²) in [7, 11) is 0. The smallest absolute Gasteiger partial charge is 0.374 e. The van der Waals surface area contributed by atoms with Crippen LogP contribution in [0.5, 0.6) is 0 Å². The Kier molecular flexibility index (Phi) is 3.20. The Hall–Kier alpha value is -1.35. The molecule has 0 bridgehead atoms. The van der Waals surface area contributed by atoms with Gasteiger partial charge in [0.15, 0.2) is 4.34 Å². The second-order valence-corrected chi connectivity index (χ2v) is 5.17. The maximum absolute atomic E-state index is 12.3. The lowest BCUT2D eigenvalue weighted by Gasteiger charge is -2.05. The molecule has 0 saturated carbocycles. The highest BCUT2D eigenvalue weighted by atomic mass is 32.2. The first kappa shape index (κ1) is 12.1. The molecule has 2 aromatic rings. The summed E-state index contributed by atoms with van der Waals surface area (Å²) < 4.78 is 37.3. The van der Waals surface area contributed by atoms with E-state index >= 15 is 0 Å².